The van der Waals surface area contributed by atoms with Gasteiger partial charge in [0.25, 0.3) is 0 Å². The minimum Gasteiger partial charge on any atom is -0.396 e. The average Bonchev–Trinajstić information content (AvgIpc) is 2.64. The summed E-state index contributed by atoms with van der Waals surface area (Å²) in [5.74, 6) is 1.06. The maximum Gasteiger partial charge on any atom is 0.122 e. The summed E-state index contributed by atoms with van der Waals surface area (Å²) in [6.07, 6.45) is 5.88. The Kier molecular flexibility index (Phi) is 4.96. The lowest BCUT2D eigenvalue weighted by Crippen LogP contribution is -2.21. The van der Waals surface area contributed by atoms with Gasteiger partial charge in [-0.05, 0) is 24.8 Å². The van der Waals surface area contributed by atoms with Gasteiger partial charge in [0.2, 0.25) is 0 Å². The van der Waals surface area contributed by atoms with Gasteiger partial charge in [0.15, 0.2) is 0 Å². The van der Waals surface area contributed by atoms with E-state index in [1.54, 1.807) is 0 Å². The molecule has 0 fully saturated rings. The molecule has 16 heavy (non-hydrogen) atoms. The number of hydrogen-bond donors (Lipinski definition) is 2. The van der Waals surface area contributed by atoms with Crippen molar-refractivity contribution in [2.24, 2.45) is 12.5 Å². The summed E-state index contributed by atoms with van der Waals surface area (Å²) < 4.78 is 2.02. The largest absolute Gasteiger partial charge is 0.396 e. The molecule has 1 aromatic rings. The number of nitrogens with zero attached hydrogens (tertiary/aromatic N) is 2. The Morgan fingerprint density at radius 1 is 1.50 bits per heavy atom. The molecule has 0 bridgehead atoms. The molecule has 0 spiro atoms. The summed E-state index contributed by atoms with van der Waals surface area (Å²) in [5, 5.41) is 12.5. The second-order valence-corrected chi connectivity index (χ2v) is 5.06. The third-order valence-electron chi connectivity index (χ3n) is 2.84. The Bertz CT molecular complexity index is 307. The van der Waals surface area contributed by atoms with Crippen molar-refractivity contribution < 1.29 is 5.11 Å². The lowest BCUT2D eigenvalue weighted by atomic mass is 9.89. The maximum atomic E-state index is 9.10. The summed E-state index contributed by atoms with van der Waals surface area (Å²) in [4.78, 5) is 4.24. The molecular weight excluding hydrogens is 202 g/mol. The van der Waals surface area contributed by atoms with Gasteiger partial charge in [-0.3, -0.25) is 0 Å². The number of aliphatic hydroxyl groups excluding tert-OH is 1. The van der Waals surface area contributed by atoms with E-state index in [9.17, 15) is 0 Å². The van der Waals surface area contributed by atoms with Crippen LogP contribution in [0.5, 0.6) is 0 Å². The van der Waals surface area contributed by atoms with E-state index in [0.717, 1.165) is 31.8 Å². The predicted octanol–water partition coefficient (Wildman–Crippen LogP) is 1.31. The highest BCUT2D eigenvalue weighted by atomic mass is 16.3. The Balaban J connectivity index is 2.11. The monoisotopic (exact) mass is 225 g/mol. The van der Waals surface area contributed by atoms with Crippen LogP contribution in [-0.4, -0.2) is 27.8 Å². The van der Waals surface area contributed by atoms with E-state index in [0.29, 0.717) is 0 Å². The molecule has 0 radical (unpaired) electrons. The number of imidazole rings is 1. The van der Waals surface area contributed by atoms with E-state index >= 15 is 0 Å². The topological polar surface area (TPSA) is 50.1 Å². The predicted molar refractivity (Wildman–Crippen MR) is 65.0 cm³/mol. The van der Waals surface area contributed by atoms with Crippen molar-refractivity contribution >= 4 is 0 Å². The van der Waals surface area contributed by atoms with Gasteiger partial charge in [-0.15, -0.1) is 0 Å². The van der Waals surface area contributed by atoms with Crippen LogP contribution in [0.1, 0.15) is 32.5 Å². The fourth-order valence-corrected chi connectivity index (χ4v) is 1.54. The Morgan fingerprint density at radius 2 is 2.25 bits per heavy atom. The first-order chi connectivity index (χ1) is 7.55. The van der Waals surface area contributed by atoms with Crippen LogP contribution in [0.4, 0.5) is 0 Å². The lowest BCUT2D eigenvalue weighted by Gasteiger charge is -2.21. The van der Waals surface area contributed by atoms with E-state index < -0.39 is 0 Å². The molecule has 0 atom stereocenters. The van der Waals surface area contributed by atoms with Gasteiger partial charge in [-0.25, -0.2) is 4.98 Å². The van der Waals surface area contributed by atoms with E-state index in [4.69, 9.17) is 5.11 Å². The quantitative estimate of drug-likeness (QED) is 0.688. The molecular formula is C12H23N3O. The fraction of sp³-hybridized carbons (Fsp3) is 0.750. The first-order valence-electron chi connectivity index (χ1n) is 5.83. The Morgan fingerprint density at radius 3 is 2.81 bits per heavy atom. The summed E-state index contributed by atoms with van der Waals surface area (Å²) >= 11 is 0. The van der Waals surface area contributed by atoms with Gasteiger partial charge < -0.3 is 15.0 Å². The first-order valence-corrected chi connectivity index (χ1v) is 5.83. The highest BCUT2D eigenvalue weighted by Gasteiger charge is 2.15. The number of aryl methyl sites for hydroxylation is 1. The molecule has 1 heterocycles. The van der Waals surface area contributed by atoms with Crippen LogP contribution in [0.25, 0.3) is 0 Å². The molecule has 0 amide bonds. The van der Waals surface area contributed by atoms with E-state index in [1.165, 1.54) is 0 Å². The summed E-state index contributed by atoms with van der Waals surface area (Å²) in [5.41, 5.74) is 0.0465. The first kappa shape index (κ1) is 13.2. The molecule has 0 unspecified atom stereocenters. The third-order valence-corrected chi connectivity index (χ3v) is 2.84. The van der Waals surface area contributed by atoms with Crippen molar-refractivity contribution in [2.75, 3.05) is 13.2 Å². The normalized spacial score (nSPS) is 12.0. The van der Waals surface area contributed by atoms with Gasteiger partial charge in [-0.2, -0.15) is 0 Å². The number of aromatic nitrogens is 2. The molecule has 0 saturated heterocycles. The molecule has 92 valence electrons. The van der Waals surface area contributed by atoms with Crippen LogP contribution in [-0.2, 0) is 13.6 Å². The Hall–Kier alpha value is -0.870. The third kappa shape index (κ3) is 4.33. The summed E-state index contributed by atoms with van der Waals surface area (Å²) in [6.45, 7) is 6.21. The standard InChI is InChI=1S/C12H23N3O/c1-12(2,10-16)5-4-6-13-9-11-14-7-8-15(11)3/h7-8,13,16H,4-6,9-10H2,1-3H3. The van der Waals surface area contributed by atoms with Crippen molar-refractivity contribution in [1.29, 1.82) is 0 Å². The number of nitrogens with one attached hydrogen (secondary N) is 1. The van der Waals surface area contributed by atoms with E-state index in [2.05, 4.69) is 24.1 Å². The highest BCUT2D eigenvalue weighted by Crippen LogP contribution is 2.20. The summed E-state index contributed by atoms with van der Waals surface area (Å²) in [6, 6.07) is 0. The van der Waals surface area contributed by atoms with Gasteiger partial charge in [0.1, 0.15) is 5.82 Å². The molecule has 1 rings (SSSR count). The van der Waals surface area contributed by atoms with Crippen LogP contribution in [0.15, 0.2) is 12.4 Å². The van der Waals surface area contributed by atoms with Crippen LogP contribution >= 0.6 is 0 Å². The van der Waals surface area contributed by atoms with Crippen molar-refractivity contribution in [3.05, 3.63) is 18.2 Å². The second kappa shape index (κ2) is 6.01. The van der Waals surface area contributed by atoms with Crippen LogP contribution < -0.4 is 5.32 Å². The fourth-order valence-electron chi connectivity index (χ4n) is 1.54. The molecule has 0 saturated carbocycles. The van der Waals surface area contributed by atoms with Crippen LogP contribution in [0.3, 0.4) is 0 Å². The number of hydrogen-bond acceptors (Lipinski definition) is 3. The van der Waals surface area contributed by atoms with Crippen molar-refractivity contribution in [1.82, 2.24) is 14.9 Å². The maximum absolute atomic E-state index is 9.10. The van der Waals surface area contributed by atoms with Crippen molar-refractivity contribution in [2.45, 2.75) is 33.2 Å². The summed E-state index contributed by atoms with van der Waals surface area (Å²) in [7, 11) is 2.00. The van der Waals surface area contributed by atoms with Crippen molar-refractivity contribution in [3.8, 4) is 0 Å². The molecule has 0 aliphatic carbocycles. The van der Waals surface area contributed by atoms with Gasteiger partial charge in [0.05, 0.1) is 6.54 Å². The van der Waals surface area contributed by atoms with E-state index in [-0.39, 0.29) is 12.0 Å². The highest BCUT2D eigenvalue weighted by molar-refractivity contribution is 4.90. The number of rotatable bonds is 7. The minimum absolute atomic E-state index is 0.0465. The Labute approximate surface area is 97.7 Å². The molecule has 4 heteroatoms. The minimum atomic E-state index is 0.0465. The second-order valence-electron chi connectivity index (χ2n) is 5.06. The molecule has 2 N–H and O–H groups in total. The zero-order valence-corrected chi connectivity index (χ0v) is 10.5. The van der Waals surface area contributed by atoms with Gasteiger partial charge in [-0.1, -0.05) is 13.8 Å². The average molecular weight is 225 g/mol. The zero-order chi connectivity index (χ0) is 12.0. The SMILES string of the molecule is Cn1ccnc1CNCCCC(C)(C)CO. The number of aliphatic hydroxyl groups is 1. The molecule has 4 nitrogen and oxygen atoms in total. The van der Waals surface area contributed by atoms with E-state index in [1.807, 2.05) is 24.0 Å². The molecule has 0 aliphatic rings. The van der Waals surface area contributed by atoms with Gasteiger partial charge >= 0.3 is 0 Å². The molecule has 1 aromatic heterocycles. The lowest BCUT2D eigenvalue weighted by molar-refractivity contribution is 0.148. The molecule has 0 aromatic carbocycles. The zero-order valence-electron chi connectivity index (χ0n) is 10.5. The molecule has 0 aliphatic heterocycles. The van der Waals surface area contributed by atoms with Crippen LogP contribution in [0, 0.1) is 5.41 Å². The van der Waals surface area contributed by atoms with Crippen molar-refractivity contribution in [3.63, 3.8) is 0 Å². The van der Waals surface area contributed by atoms with Gasteiger partial charge in [0, 0.05) is 26.0 Å². The smallest absolute Gasteiger partial charge is 0.122 e. The van der Waals surface area contributed by atoms with Crippen LogP contribution in [0.2, 0.25) is 0 Å².